The van der Waals surface area contributed by atoms with Crippen LogP contribution >= 0.6 is 22.7 Å². The lowest BCUT2D eigenvalue weighted by molar-refractivity contribution is -0.144. The van der Waals surface area contributed by atoms with E-state index in [1.54, 1.807) is 80.2 Å². The summed E-state index contributed by atoms with van der Waals surface area (Å²) in [5.41, 5.74) is 4.59. The maximum atomic E-state index is 14.4. The van der Waals surface area contributed by atoms with Crippen LogP contribution in [0.5, 0.6) is 5.75 Å². The summed E-state index contributed by atoms with van der Waals surface area (Å²) in [5.74, 6) is -0.225. The van der Waals surface area contributed by atoms with Gasteiger partial charge in [0.25, 0.3) is 0 Å². The Morgan fingerprint density at radius 1 is 0.912 bits per heavy atom. The van der Waals surface area contributed by atoms with Crippen molar-refractivity contribution in [3.63, 3.8) is 0 Å². The number of aliphatic hydroxyl groups excluding tert-OH is 1. The van der Waals surface area contributed by atoms with E-state index in [1.165, 1.54) is 11.0 Å². The first-order chi connectivity index (χ1) is 32.3. The normalized spacial score (nSPS) is 15.6. The number of aromatic nitrogens is 3. The number of aryl methyl sites for hydroxylation is 1. The van der Waals surface area contributed by atoms with Crippen LogP contribution in [-0.4, -0.2) is 115 Å². The Labute approximate surface area is 400 Å². The summed E-state index contributed by atoms with van der Waals surface area (Å²) in [7, 11) is 3.67. The topological polar surface area (TPSA) is 168 Å². The first kappa shape index (κ1) is 49.9. The first-order valence-corrected chi connectivity index (χ1v) is 23.6. The highest BCUT2D eigenvalue weighted by Gasteiger charge is 2.44. The minimum absolute atomic E-state index is 0.0200. The van der Waals surface area contributed by atoms with Crippen molar-refractivity contribution in [2.75, 3.05) is 58.6 Å². The van der Waals surface area contributed by atoms with Crippen molar-refractivity contribution >= 4 is 56.4 Å². The summed E-state index contributed by atoms with van der Waals surface area (Å²) >= 11 is 2.69. The number of halogens is 3. The summed E-state index contributed by atoms with van der Waals surface area (Å²) in [4.78, 5) is 57.8. The minimum atomic E-state index is -4.62. The van der Waals surface area contributed by atoms with Crippen LogP contribution in [0.15, 0.2) is 84.5 Å². The molecular formula is C49H54F3N7O7S2. The molecule has 3 amide bonds. The SMILES string of the molecule is Cc1ncsc1-c1ccc(CNC(=O)[C@@H]2C[C@@H](O)CN2C(=O)[C@@H](NC(=O)COCCOCCOc2ccc3nc(-c4ccc(-c5ccc(N(C)C)nc5)cc4C(F)(F)F)sc3c2)C(C)(C)C)cc1. The molecule has 1 aliphatic heterocycles. The number of β-amino-alcohol motifs (C(OH)–C–C–N with tert-alkyl or cyclic N) is 1. The largest absolute Gasteiger partial charge is 0.491 e. The van der Waals surface area contributed by atoms with Gasteiger partial charge in [0, 0.05) is 50.9 Å². The van der Waals surface area contributed by atoms with Gasteiger partial charge in [0.15, 0.2) is 0 Å². The molecular weight excluding hydrogens is 920 g/mol. The molecule has 68 heavy (non-hydrogen) atoms. The van der Waals surface area contributed by atoms with Crippen molar-refractivity contribution in [1.82, 2.24) is 30.5 Å². The molecule has 0 aliphatic carbocycles. The monoisotopic (exact) mass is 973 g/mol. The fourth-order valence-corrected chi connectivity index (χ4v) is 9.51. The maximum absolute atomic E-state index is 14.4. The van der Waals surface area contributed by atoms with Gasteiger partial charge in [0.2, 0.25) is 17.7 Å². The number of anilines is 1. The molecule has 3 aromatic carbocycles. The third-order valence-corrected chi connectivity index (χ3v) is 13.3. The molecule has 6 aromatic rings. The second kappa shape index (κ2) is 21.5. The Morgan fingerprint density at radius 3 is 2.31 bits per heavy atom. The lowest BCUT2D eigenvalue weighted by atomic mass is 9.85. The Balaban J connectivity index is 0.845. The van der Waals surface area contributed by atoms with Gasteiger partial charge >= 0.3 is 6.18 Å². The molecule has 3 aromatic heterocycles. The predicted molar refractivity (Wildman–Crippen MR) is 256 cm³/mol. The lowest BCUT2D eigenvalue weighted by Gasteiger charge is -2.35. The van der Waals surface area contributed by atoms with E-state index in [1.807, 2.05) is 50.2 Å². The number of nitrogens with zero attached hydrogens (tertiary/aromatic N) is 5. The average Bonchev–Trinajstić information content (AvgIpc) is 4.05. The van der Waals surface area contributed by atoms with Gasteiger partial charge in [-0.3, -0.25) is 14.4 Å². The number of alkyl halides is 3. The molecule has 7 rings (SSSR count). The number of aliphatic hydroxyl groups is 1. The molecule has 19 heteroatoms. The number of rotatable bonds is 18. The van der Waals surface area contributed by atoms with Crippen molar-refractivity contribution in [2.24, 2.45) is 5.41 Å². The number of pyridine rings is 1. The molecule has 360 valence electrons. The highest BCUT2D eigenvalue weighted by atomic mass is 32.1. The molecule has 0 unspecified atom stereocenters. The number of carbonyl (C=O) groups is 3. The number of carbonyl (C=O) groups excluding carboxylic acids is 3. The summed E-state index contributed by atoms with van der Waals surface area (Å²) in [6.07, 6.45) is -3.90. The number of fused-ring (bicyclic) bond motifs is 1. The fourth-order valence-electron chi connectivity index (χ4n) is 7.66. The first-order valence-electron chi connectivity index (χ1n) is 21.9. The summed E-state index contributed by atoms with van der Waals surface area (Å²) < 4.78 is 60.8. The van der Waals surface area contributed by atoms with Crippen LogP contribution in [0, 0.1) is 12.3 Å². The number of ether oxygens (including phenoxy) is 3. The molecule has 4 heterocycles. The van der Waals surface area contributed by atoms with Crippen molar-refractivity contribution in [3.8, 4) is 37.9 Å². The van der Waals surface area contributed by atoms with Crippen LogP contribution in [-0.2, 0) is 36.6 Å². The molecule has 3 N–H and O–H groups in total. The van der Waals surface area contributed by atoms with Crippen molar-refractivity contribution in [1.29, 1.82) is 0 Å². The smallest absolute Gasteiger partial charge is 0.417 e. The van der Waals surface area contributed by atoms with Gasteiger partial charge in [-0.25, -0.2) is 15.0 Å². The van der Waals surface area contributed by atoms with E-state index in [4.69, 9.17) is 14.2 Å². The van der Waals surface area contributed by atoms with Gasteiger partial charge in [0.05, 0.1) is 57.8 Å². The van der Waals surface area contributed by atoms with Gasteiger partial charge in [0.1, 0.15) is 41.9 Å². The van der Waals surface area contributed by atoms with E-state index < -0.39 is 53.1 Å². The van der Waals surface area contributed by atoms with Gasteiger partial charge < -0.3 is 39.8 Å². The zero-order valence-corrected chi connectivity index (χ0v) is 40.2. The van der Waals surface area contributed by atoms with Crippen LogP contribution in [0.25, 0.3) is 42.4 Å². The Morgan fingerprint density at radius 2 is 1.63 bits per heavy atom. The third kappa shape index (κ3) is 12.4. The highest BCUT2D eigenvalue weighted by Crippen LogP contribution is 2.42. The van der Waals surface area contributed by atoms with E-state index in [0.717, 1.165) is 39.1 Å². The summed E-state index contributed by atoms with van der Waals surface area (Å²) in [6, 6.07) is 18.7. The van der Waals surface area contributed by atoms with Crippen molar-refractivity contribution < 1.29 is 46.9 Å². The third-order valence-electron chi connectivity index (χ3n) is 11.3. The van der Waals surface area contributed by atoms with Crippen LogP contribution in [0.1, 0.15) is 44.0 Å². The quantitative estimate of drug-likeness (QED) is 0.0721. The summed E-state index contributed by atoms with van der Waals surface area (Å²) in [6.45, 7) is 7.78. The Hall–Kier alpha value is -5.99. The van der Waals surface area contributed by atoms with E-state index >= 15 is 0 Å². The second-order valence-corrected chi connectivity index (χ2v) is 19.5. The molecule has 0 radical (unpaired) electrons. The predicted octanol–water partition coefficient (Wildman–Crippen LogP) is 7.76. The minimum Gasteiger partial charge on any atom is -0.491 e. The standard InChI is InChI=1S/C49H54F3N7O7S2/c1-29-43(67-28-55-29)31-9-7-30(8-10-31)24-54-45(62)39-22-34(60)26-59(39)47(63)44(48(2,3)4)57-42(61)27-65-18-17-64-19-20-66-35-13-15-38-40(23-35)68-46(56-38)36-14-11-32(21-37(36)49(50,51)52)33-12-16-41(53-25-33)58(5)6/h7-16,21,23,25,28,34,39,44,60H,17-20,22,24,26-27H2,1-6H3,(H,54,62)(H,57,61)/t34-,39+,44-/m1/s1. The van der Waals surface area contributed by atoms with E-state index in [2.05, 4.69) is 25.6 Å². The number of hydrogen-bond acceptors (Lipinski definition) is 13. The molecule has 1 fully saturated rings. The van der Waals surface area contributed by atoms with Gasteiger partial charge in [-0.05, 0) is 65.4 Å². The van der Waals surface area contributed by atoms with Gasteiger partial charge in [-0.1, -0.05) is 57.2 Å². The molecule has 1 saturated heterocycles. The second-order valence-electron chi connectivity index (χ2n) is 17.7. The number of nitrogens with one attached hydrogen (secondary N) is 2. The molecule has 0 spiro atoms. The fraction of sp³-hybridized carbons (Fsp3) is 0.388. The summed E-state index contributed by atoms with van der Waals surface area (Å²) in [5, 5.41) is 16.5. The average molecular weight is 974 g/mol. The number of benzene rings is 3. The van der Waals surface area contributed by atoms with E-state index in [9.17, 15) is 32.7 Å². The van der Waals surface area contributed by atoms with Crippen LogP contribution in [0.3, 0.4) is 0 Å². The molecule has 14 nitrogen and oxygen atoms in total. The zero-order chi connectivity index (χ0) is 48.8. The Kier molecular flexibility index (Phi) is 15.8. The number of thiazole rings is 2. The highest BCUT2D eigenvalue weighted by molar-refractivity contribution is 7.21. The number of hydrogen-bond donors (Lipinski definition) is 3. The molecule has 3 atom stereocenters. The van der Waals surface area contributed by atoms with Crippen LogP contribution in [0.2, 0.25) is 0 Å². The number of likely N-dealkylation sites (tertiary alicyclic amines) is 1. The number of amides is 3. The van der Waals surface area contributed by atoms with E-state index in [0.29, 0.717) is 32.9 Å². The zero-order valence-electron chi connectivity index (χ0n) is 38.6. The van der Waals surface area contributed by atoms with Crippen molar-refractivity contribution in [2.45, 2.75) is 65.0 Å². The Bertz CT molecular complexity index is 2700. The van der Waals surface area contributed by atoms with Gasteiger partial charge in [-0.2, -0.15) is 13.2 Å². The van der Waals surface area contributed by atoms with Crippen LogP contribution < -0.4 is 20.3 Å². The molecule has 0 bridgehead atoms. The lowest BCUT2D eigenvalue weighted by Crippen LogP contribution is -2.58. The van der Waals surface area contributed by atoms with Gasteiger partial charge in [-0.15, -0.1) is 22.7 Å². The molecule has 0 saturated carbocycles. The van der Waals surface area contributed by atoms with Crippen LogP contribution in [0.4, 0.5) is 19.0 Å². The molecule has 1 aliphatic rings. The van der Waals surface area contributed by atoms with Crippen molar-refractivity contribution in [3.05, 3.63) is 101 Å². The van der Waals surface area contributed by atoms with E-state index in [-0.39, 0.29) is 63.1 Å². The maximum Gasteiger partial charge on any atom is 0.417 e.